The van der Waals surface area contributed by atoms with E-state index in [0.29, 0.717) is 24.3 Å². The fraction of sp³-hybridized carbons (Fsp3) is 0.500. The van der Waals surface area contributed by atoms with Crippen LogP contribution in [0.3, 0.4) is 0 Å². The van der Waals surface area contributed by atoms with Crippen molar-refractivity contribution in [2.24, 2.45) is 10.9 Å². The van der Waals surface area contributed by atoms with Gasteiger partial charge in [0.15, 0.2) is 17.5 Å². The molecule has 0 amide bonds. The van der Waals surface area contributed by atoms with Crippen LogP contribution in [-0.2, 0) is 6.54 Å². The van der Waals surface area contributed by atoms with Gasteiger partial charge in [0, 0.05) is 37.6 Å². The highest BCUT2D eigenvalue weighted by Gasteiger charge is 2.28. The van der Waals surface area contributed by atoms with Gasteiger partial charge in [0.2, 0.25) is 0 Å². The Morgan fingerprint density at radius 1 is 1.44 bits per heavy atom. The molecule has 1 aromatic carbocycles. The number of rotatable bonds is 5. The Bertz CT molecular complexity index is 760. The van der Waals surface area contributed by atoms with E-state index in [1.807, 2.05) is 30.9 Å². The molecule has 7 nitrogen and oxygen atoms in total. The van der Waals surface area contributed by atoms with Gasteiger partial charge < -0.3 is 24.6 Å². The molecule has 1 saturated heterocycles. The number of phenols is 1. The molecule has 1 fully saturated rings. The molecule has 3 rings (SSSR count). The highest BCUT2D eigenvalue weighted by Crippen LogP contribution is 2.30. The van der Waals surface area contributed by atoms with Crippen molar-refractivity contribution in [2.45, 2.75) is 32.9 Å². The zero-order chi connectivity index (χ0) is 19.2. The molecule has 0 spiro atoms. The van der Waals surface area contributed by atoms with Crippen LogP contribution in [0.15, 0.2) is 41.9 Å². The van der Waals surface area contributed by atoms with Gasteiger partial charge in [-0.2, -0.15) is 0 Å². The molecule has 1 aromatic heterocycles. The number of aromatic hydroxyl groups is 1. The van der Waals surface area contributed by atoms with Gasteiger partial charge in [-0.3, -0.25) is 0 Å². The summed E-state index contributed by atoms with van der Waals surface area (Å²) < 4.78 is 7.38. The molecule has 0 saturated carbocycles. The summed E-state index contributed by atoms with van der Waals surface area (Å²) in [6.45, 7) is 7.40. The number of piperidine rings is 1. The lowest BCUT2D eigenvalue weighted by molar-refractivity contribution is 0.189. The van der Waals surface area contributed by atoms with Gasteiger partial charge in [-0.15, -0.1) is 0 Å². The lowest BCUT2D eigenvalue weighted by atomic mass is 9.93. The van der Waals surface area contributed by atoms with Crippen LogP contribution in [0, 0.1) is 5.92 Å². The number of aromatic nitrogens is 2. The molecular weight excluding hydrogens is 342 g/mol. The van der Waals surface area contributed by atoms with Gasteiger partial charge in [0.1, 0.15) is 0 Å². The van der Waals surface area contributed by atoms with Gasteiger partial charge in [-0.1, -0.05) is 19.1 Å². The van der Waals surface area contributed by atoms with Gasteiger partial charge >= 0.3 is 0 Å². The summed E-state index contributed by atoms with van der Waals surface area (Å²) in [6.07, 6.45) is 6.85. The number of para-hydroxylation sites is 1. The maximum absolute atomic E-state index is 10.3. The molecule has 0 radical (unpaired) electrons. The molecule has 2 aromatic rings. The van der Waals surface area contributed by atoms with Gasteiger partial charge in [0.25, 0.3) is 0 Å². The van der Waals surface area contributed by atoms with E-state index in [1.54, 1.807) is 13.2 Å². The second-order valence-corrected chi connectivity index (χ2v) is 6.93. The quantitative estimate of drug-likeness (QED) is 0.624. The van der Waals surface area contributed by atoms with Crippen LogP contribution in [-0.4, -0.2) is 52.3 Å². The third-order valence-corrected chi connectivity index (χ3v) is 5.16. The molecule has 7 heteroatoms. The van der Waals surface area contributed by atoms with Crippen LogP contribution >= 0.6 is 0 Å². The number of guanidine groups is 1. The summed E-state index contributed by atoms with van der Waals surface area (Å²) in [4.78, 5) is 11.3. The Hall–Kier alpha value is -2.70. The number of hydrogen-bond acceptors (Lipinski definition) is 4. The molecule has 2 atom stereocenters. The van der Waals surface area contributed by atoms with E-state index >= 15 is 0 Å². The van der Waals surface area contributed by atoms with E-state index in [1.165, 1.54) is 0 Å². The average molecular weight is 371 g/mol. The first-order valence-electron chi connectivity index (χ1n) is 9.49. The molecule has 0 bridgehead atoms. The first kappa shape index (κ1) is 19.1. The van der Waals surface area contributed by atoms with Crippen LogP contribution in [0.25, 0.3) is 0 Å². The fourth-order valence-corrected chi connectivity index (χ4v) is 3.54. The number of likely N-dealkylation sites (tertiary alicyclic amines) is 1. The van der Waals surface area contributed by atoms with Crippen molar-refractivity contribution >= 4 is 5.96 Å². The number of aliphatic imine (C=N–C) groups is 1. The van der Waals surface area contributed by atoms with Crippen molar-refractivity contribution in [2.75, 3.05) is 26.7 Å². The number of methoxy groups -OCH3 is 1. The Morgan fingerprint density at radius 2 is 2.30 bits per heavy atom. The van der Waals surface area contributed by atoms with Crippen molar-refractivity contribution in [3.63, 3.8) is 0 Å². The zero-order valence-corrected chi connectivity index (χ0v) is 16.3. The average Bonchev–Trinajstić information content (AvgIpc) is 3.21. The SMILES string of the molecule is CCNC(=NCc1cccc(OC)c1O)N1CCC(C)C(n2ccnc2)C1. The van der Waals surface area contributed by atoms with Crippen LogP contribution in [0.1, 0.15) is 31.9 Å². The van der Waals surface area contributed by atoms with E-state index in [4.69, 9.17) is 9.73 Å². The van der Waals surface area contributed by atoms with Gasteiger partial charge in [0.05, 0.1) is 26.0 Å². The number of hydrogen-bond donors (Lipinski definition) is 2. The number of nitrogens with one attached hydrogen (secondary N) is 1. The zero-order valence-electron chi connectivity index (χ0n) is 16.3. The topological polar surface area (TPSA) is 74.9 Å². The molecule has 1 aliphatic heterocycles. The summed E-state index contributed by atoms with van der Waals surface area (Å²) in [5.74, 6) is 2.08. The standard InChI is InChI=1S/C20H29N5O2/c1-4-22-20(23-12-16-6-5-7-18(27-3)19(16)26)24-10-8-15(2)17(13-24)25-11-9-21-14-25/h5-7,9,11,14-15,17,26H,4,8,10,12-13H2,1-3H3,(H,22,23). The van der Waals surface area contributed by atoms with E-state index in [2.05, 4.69) is 33.6 Å². The minimum absolute atomic E-state index is 0.156. The van der Waals surface area contributed by atoms with Crippen LogP contribution in [0.5, 0.6) is 11.5 Å². The monoisotopic (exact) mass is 371 g/mol. The fourth-order valence-electron chi connectivity index (χ4n) is 3.54. The minimum atomic E-state index is 0.156. The lowest BCUT2D eigenvalue weighted by Gasteiger charge is -2.39. The third kappa shape index (κ3) is 4.35. The molecule has 0 aliphatic carbocycles. The maximum Gasteiger partial charge on any atom is 0.194 e. The number of ether oxygens (including phenoxy) is 1. The summed E-state index contributed by atoms with van der Waals surface area (Å²) >= 11 is 0. The maximum atomic E-state index is 10.3. The third-order valence-electron chi connectivity index (χ3n) is 5.16. The second kappa shape index (κ2) is 8.79. The van der Waals surface area contributed by atoms with Crippen LogP contribution < -0.4 is 10.1 Å². The highest BCUT2D eigenvalue weighted by atomic mass is 16.5. The van der Waals surface area contributed by atoms with Crippen molar-refractivity contribution in [3.05, 3.63) is 42.5 Å². The Morgan fingerprint density at radius 3 is 3.00 bits per heavy atom. The summed E-state index contributed by atoms with van der Waals surface area (Å²) in [7, 11) is 1.55. The Balaban J connectivity index is 1.77. The Kier molecular flexibility index (Phi) is 6.21. The normalized spacial score (nSPS) is 20.6. The number of imidazole rings is 1. The Labute approximate surface area is 160 Å². The largest absolute Gasteiger partial charge is 0.504 e. The first-order valence-corrected chi connectivity index (χ1v) is 9.49. The van der Waals surface area contributed by atoms with Gasteiger partial charge in [-0.25, -0.2) is 9.98 Å². The lowest BCUT2D eigenvalue weighted by Crippen LogP contribution is -2.49. The molecular formula is C20H29N5O2. The predicted octanol–water partition coefficient (Wildman–Crippen LogP) is 2.65. The van der Waals surface area contributed by atoms with Crippen molar-refractivity contribution in [1.82, 2.24) is 19.8 Å². The van der Waals surface area contributed by atoms with E-state index in [-0.39, 0.29) is 5.75 Å². The highest BCUT2D eigenvalue weighted by molar-refractivity contribution is 5.80. The van der Waals surface area contributed by atoms with Crippen LogP contribution in [0.4, 0.5) is 0 Å². The summed E-state index contributed by atoms with van der Waals surface area (Å²) in [6, 6.07) is 5.86. The van der Waals surface area contributed by atoms with Crippen molar-refractivity contribution < 1.29 is 9.84 Å². The predicted molar refractivity (Wildman–Crippen MR) is 106 cm³/mol. The summed E-state index contributed by atoms with van der Waals surface area (Å²) in [5, 5.41) is 13.7. The second-order valence-electron chi connectivity index (χ2n) is 6.93. The van der Waals surface area contributed by atoms with Gasteiger partial charge in [-0.05, 0) is 25.3 Å². The van der Waals surface area contributed by atoms with Crippen molar-refractivity contribution in [1.29, 1.82) is 0 Å². The molecule has 2 heterocycles. The summed E-state index contributed by atoms with van der Waals surface area (Å²) in [5.41, 5.74) is 0.751. The van der Waals surface area contributed by atoms with E-state index < -0.39 is 0 Å². The smallest absolute Gasteiger partial charge is 0.194 e. The molecule has 27 heavy (non-hydrogen) atoms. The first-order chi connectivity index (χ1) is 13.1. The number of benzene rings is 1. The molecule has 2 unspecified atom stereocenters. The number of phenolic OH excluding ortho intramolecular Hbond substituents is 1. The molecule has 2 N–H and O–H groups in total. The molecule has 146 valence electrons. The van der Waals surface area contributed by atoms with Crippen molar-refractivity contribution in [3.8, 4) is 11.5 Å². The number of nitrogens with zero attached hydrogens (tertiary/aromatic N) is 4. The van der Waals surface area contributed by atoms with E-state index in [9.17, 15) is 5.11 Å². The minimum Gasteiger partial charge on any atom is -0.504 e. The van der Waals surface area contributed by atoms with Crippen LogP contribution in [0.2, 0.25) is 0 Å². The molecule has 1 aliphatic rings. The van der Waals surface area contributed by atoms with E-state index in [0.717, 1.165) is 37.6 Å².